The van der Waals surface area contributed by atoms with E-state index in [1.165, 1.54) is 12.1 Å². The molecule has 0 saturated carbocycles. The van der Waals surface area contributed by atoms with Crippen LogP contribution in [0.1, 0.15) is 24.4 Å². The summed E-state index contributed by atoms with van der Waals surface area (Å²) >= 11 is 0. The van der Waals surface area contributed by atoms with Crippen LogP contribution in [0.4, 0.5) is 4.39 Å². The van der Waals surface area contributed by atoms with Crippen LogP contribution in [0.25, 0.3) is 0 Å². The van der Waals surface area contributed by atoms with Gasteiger partial charge in [-0.1, -0.05) is 12.1 Å². The average molecular weight is 308 g/mol. The van der Waals surface area contributed by atoms with Crippen molar-refractivity contribution in [3.63, 3.8) is 0 Å². The highest BCUT2D eigenvalue weighted by Gasteiger charge is 2.42. The van der Waals surface area contributed by atoms with Crippen molar-refractivity contribution in [1.29, 1.82) is 0 Å². The second-order valence-electron chi connectivity index (χ2n) is 5.45. The normalized spacial score (nSPS) is 21.2. The molecule has 1 aliphatic rings. The minimum Gasteiger partial charge on any atom is -0.385 e. The van der Waals surface area contributed by atoms with Gasteiger partial charge in [-0.2, -0.15) is 0 Å². The summed E-state index contributed by atoms with van der Waals surface area (Å²) in [4.78, 5) is 25.9. The minimum atomic E-state index is -0.453. The molecule has 1 aromatic rings. The lowest BCUT2D eigenvalue weighted by molar-refractivity contribution is -0.128. The predicted molar refractivity (Wildman–Crippen MR) is 79.5 cm³/mol. The average Bonchev–Trinajstić information content (AvgIpc) is 2.80. The maximum atomic E-state index is 13.1. The maximum absolute atomic E-state index is 13.1. The zero-order chi connectivity index (χ0) is 16.1. The second-order valence-corrected chi connectivity index (χ2v) is 5.45. The van der Waals surface area contributed by atoms with E-state index in [-0.39, 0.29) is 30.1 Å². The molecule has 1 heterocycles. The molecule has 1 N–H and O–H groups in total. The van der Waals surface area contributed by atoms with Crippen LogP contribution < -0.4 is 5.32 Å². The first-order valence-corrected chi connectivity index (χ1v) is 7.32. The molecule has 0 aromatic heterocycles. The molecule has 2 atom stereocenters. The summed E-state index contributed by atoms with van der Waals surface area (Å²) in [5, 5.41) is 2.84. The zero-order valence-electron chi connectivity index (χ0n) is 12.8. The molecule has 1 aromatic carbocycles. The fourth-order valence-electron chi connectivity index (χ4n) is 2.78. The molecule has 1 saturated heterocycles. The van der Waals surface area contributed by atoms with Crippen molar-refractivity contribution in [2.75, 3.05) is 27.3 Å². The van der Waals surface area contributed by atoms with Crippen LogP contribution in [-0.4, -0.2) is 44.0 Å². The van der Waals surface area contributed by atoms with Crippen molar-refractivity contribution < 1.29 is 18.7 Å². The number of halogens is 1. The monoisotopic (exact) mass is 308 g/mol. The molecule has 0 unspecified atom stereocenters. The van der Waals surface area contributed by atoms with Crippen LogP contribution in [0.15, 0.2) is 24.3 Å². The van der Waals surface area contributed by atoms with Gasteiger partial charge in [-0.3, -0.25) is 9.59 Å². The Hall–Kier alpha value is -1.95. The molecule has 2 rings (SSSR count). The van der Waals surface area contributed by atoms with E-state index in [0.29, 0.717) is 13.2 Å². The van der Waals surface area contributed by atoms with Gasteiger partial charge in [-0.05, 0) is 24.1 Å². The molecule has 1 aliphatic heterocycles. The van der Waals surface area contributed by atoms with Gasteiger partial charge in [0, 0.05) is 33.7 Å². The van der Waals surface area contributed by atoms with Crippen molar-refractivity contribution >= 4 is 11.8 Å². The van der Waals surface area contributed by atoms with Crippen LogP contribution in [0.3, 0.4) is 0 Å². The Kier molecular flexibility index (Phi) is 5.49. The van der Waals surface area contributed by atoms with E-state index < -0.39 is 5.92 Å². The summed E-state index contributed by atoms with van der Waals surface area (Å²) in [6.07, 6.45) is 0.897. The maximum Gasteiger partial charge on any atom is 0.226 e. The highest BCUT2D eigenvalue weighted by molar-refractivity contribution is 5.90. The summed E-state index contributed by atoms with van der Waals surface area (Å²) in [7, 11) is 3.28. The molecule has 0 radical (unpaired) electrons. The number of carbonyl (C=O) groups is 2. The lowest BCUT2D eigenvalue weighted by atomic mass is 9.93. The first-order chi connectivity index (χ1) is 10.5. The zero-order valence-corrected chi connectivity index (χ0v) is 12.8. The number of likely N-dealkylation sites (tertiary alicyclic amines) is 1. The number of hydrogen-bond acceptors (Lipinski definition) is 3. The largest absolute Gasteiger partial charge is 0.385 e. The summed E-state index contributed by atoms with van der Waals surface area (Å²) in [5.74, 6) is -1.02. The summed E-state index contributed by atoms with van der Waals surface area (Å²) in [5.41, 5.74) is 0.770. The van der Waals surface area contributed by atoms with E-state index in [0.717, 1.165) is 12.0 Å². The van der Waals surface area contributed by atoms with Crippen LogP contribution in [0.5, 0.6) is 0 Å². The third-order valence-corrected chi connectivity index (χ3v) is 3.96. The van der Waals surface area contributed by atoms with Gasteiger partial charge < -0.3 is 15.0 Å². The van der Waals surface area contributed by atoms with Gasteiger partial charge in [0.2, 0.25) is 11.8 Å². The molecule has 1 fully saturated rings. The Morgan fingerprint density at radius 3 is 2.73 bits per heavy atom. The van der Waals surface area contributed by atoms with Crippen molar-refractivity contribution in [3.05, 3.63) is 35.6 Å². The van der Waals surface area contributed by atoms with Gasteiger partial charge in [0.25, 0.3) is 0 Å². The van der Waals surface area contributed by atoms with Crippen molar-refractivity contribution in [2.24, 2.45) is 5.92 Å². The number of hydrogen-bond donors (Lipinski definition) is 1. The van der Waals surface area contributed by atoms with Crippen molar-refractivity contribution in [2.45, 2.75) is 18.9 Å². The molecule has 22 heavy (non-hydrogen) atoms. The molecule has 120 valence electrons. The highest BCUT2D eigenvalue weighted by Crippen LogP contribution is 2.37. The Morgan fingerprint density at radius 2 is 2.09 bits per heavy atom. The third kappa shape index (κ3) is 3.62. The highest BCUT2D eigenvalue weighted by atomic mass is 19.1. The smallest absolute Gasteiger partial charge is 0.226 e. The van der Waals surface area contributed by atoms with Gasteiger partial charge in [0.05, 0.1) is 12.0 Å². The van der Waals surface area contributed by atoms with Crippen LogP contribution in [-0.2, 0) is 14.3 Å². The number of nitrogens with zero attached hydrogens (tertiary/aromatic N) is 1. The Morgan fingerprint density at radius 1 is 1.41 bits per heavy atom. The third-order valence-electron chi connectivity index (χ3n) is 3.96. The van der Waals surface area contributed by atoms with Crippen LogP contribution >= 0.6 is 0 Å². The fraction of sp³-hybridized carbons (Fsp3) is 0.500. The predicted octanol–water partition coefficient (Wildman–Crippen LogP) is 1.50. The summed E-state index contributed by atoms with van der Waals surface area (Å²) < 4.78 is 18.0. The number of benzene rings is 1. The quantitative estimate of drug-likeness (QED) is 0.810. The van der Waals surface area contributed by atoms with Gasteiger partial charge in [-0.25, -0.2) is 4.39 Å². The van der Waals surface area contributed by atoms with Crippen molar-refractivity contribution in [3.8, 4) is 0 Å². The van der Waals surface area contributed by atoms with E-state index in [1.807, 2.05) is 0 Å². The lowest BCUT2D eigenvalue weighted by Crippen LogP contribution is -2.35. The molecule has 5 nitrogen and oxygen atoms in total. The van der Waals surface area contributed by atoms with Gasteiger partial charge >= 0.3 is 0 Å². The second kappa shape index (κ2) is 7.35. The Bertz CT molecular complexity index is 533. The van der Waals surface area contributed by atoms with Crippen LogP contribution in [0, 0.1) is 11.7 Å². The van der Waals surface area contributed by atoms with E-state index in [2.05, 4.69) is 5.32 Å². The van der Waals surface area contributed by atoms with E-state index in [9.17, 15) is 14.0 Å². The topological polar surface area (TPSA) is 58.6 Å². The number of carbonyl (C=O) groups excluding carboxylic acids is 2. The Labute approximate surface area is 129 Å². The van der Waals surface area contributed by atoms with E-state index >= 15 is 0 Å². The number of nitrogens with one attached hydrogen (secondary N) is 1. The lowest BCUT2D eigenvalue weighted by Gasteiger charge is -2.25. The first-order valence-electron chi connectivity index (χ1n) is 7.32. The molecule has 2 amide bonds. The van der Waals surface area contributed by atoms with Crippen LogP contribution in [0.2, 0.25) is 0 Å². The van der Waals surface area contributed by atoms with Gasteiger partial charge in [0.1, 0.15) is 5.82 Å². The van der Waals surface area contributed by atoms with Gasteiger partial charge in [-0.15, -0.1) is 0 Å². The van der Waals surface area contributed by atoms with Crippen molar-refractivity contribution in [1.82, 2.24) is 10.2 Å². The molecular formula is C16H21FN2O3. The number of methoxy groups -OCH3 is 1. The summed E-state index contributed by atoms with van der Waals surface area (Å²) in [6.45, 7) is 1.09. The number of amides is 2. The van der Waals surface area contributed by atoms with Gasteiger partial charge in [0.15, 0.2) is 0 Å². The van der Waals surface area contributed by atoms with E-state index in [1.54, 1.807) is 31.2 Å². The molecule has 6 heteroatoms. The number of rotatable bonds is 6. The minimum absolute atomic E-state index is 0.0774. The standard InChI is InChI=1S/C16H21FN2O3/c1-19-14(20)10-13(16(21)18-8-3-9-22-2)15(19)11-4-6-12(17)7-5-11/h4-7,13,15H,3,8-10H2,1-2H3,(H,18,21)/t13-,15+/m1/s1. The molecule has 0 aliphatic carbocycles. The summed E-state index contributed by atoms with van der Waals surface area (Å²) in [6, 6.07) is 5.59. The molecule has 0 spiro atoms. The molecular weight excluding hydrogens is 287 g/mol. The first kappa shape index (κ1) is 16.4. The Balaban J connectivity index is 2.09. The SMILES string of the molecule is COCCCNC(=O)[C@@H]1CC(=O)N(C)[C@H]1c1ccc(F)cc1. The fourth-order valence-corrected chi connectivity index (χ4v) is 2.78. The van der Waals surface area contributed by atoms with E-state index in [4.69, 9.17) is 4.74 Å². The molecule has 0 bridgehead atoms. The number of ether oxygens (including phenoxy) is 1.